The van der Waals surface area contributed by atoms with Gasteiger partial charge >= 0.3 is 5.97 Å². The van der Waals surface area contributed by atoms with Crippen LogP contribution in [-0.2, 0) is 0 Å². The number of nitrogens with zero attached hydrogens (tertiary/aromatic N) is 1. The van der Waals surface area contributed by atoms with E-state index in [-0.39, 0.29) is 0 Å². The first-order valence-corrected chi connectivity index (χ1v) is 11.1. The number of carbonyl (C=O) groups is 1. The number of fused-ring (bicyclic) bond motifs is 1. The first-order valence-electron chi connectivity index (χ1n) is 9.51. The van der Waals surface area contributed by atoms with Gasteiger partial charge in [0.15, 0.2) is 11.5 Å². The van der Waals surface area contributed by atoms with E-state index < -0.39 is 5.97 Å². The van der Waals surface area contributed by atoms with Crippen molar-refractivity contribution in [2.45, 2.75) is 6.92 Å². The summed E-state index contributed by atoms with van der Waals surface area (Å²) in [6.45, 7) is 2.29. The van der Waals surface area contributed by atoms with E-state index in [1.54, 1.807) is 36.5 Å². The van der Waals surface area contributed by atoms with Crippen molar-refractivity contribution in [2.75, 3.05) is 6.61 Å². The lowest BCUT2D eigenvalue weighted by Gasteiger charge is -2.11. The highest BCUT2D eigenvalue weighted by Gasteiger charge is 2.20. The van der Waals surface area contributed by atoms with Gasteiger partial charge in [0.1, 0.15) is 4.88 Å². The number of aliphatic imine (C=N–C) groups is 1. The zero-order chi connectivity index (χ0) is 21.8. The average molecular weight is 470 g/mol. The van der Waals surface area contributed by atoms with Gasteiger partial charge in [-0.15, -0.1) is 11.3 Å². The lowest BCUT2D eigenvalue weighted by atomic mass is 10.2. The molecule has 0 aliphatic carbocycles. The minimum absolute atomic E-state index is 0.323. The van der Waals surface area contributed by atoms with Gasteiger partial charge in [0.2, 0.25) is 0 Å². The zero-order valence-corrected chi connectivity index (χ0v) is 18.8. The molecule has 156 valence electrons. The van der Waals surface area contributed by atoms with Crippen LogP contribution in [-0.4, -0.2) is 18.8 Å². The summed E-state index contributed by atoms with van der Waals surface area (Å²) in [6, 6.07) is 20.1. The second kappa shape index (κ2) is 9.52. The molecule has 0 atom stereocenters. The van der Waals surface area contributed by atoms with Gasteiger partial charge in [0.25, 0.3) is 0 Å². The number of ether oxygens (including phenoxy) is 2. The van der Waals surface area contributed by atoms with Crippen molar-refractivity contribution >= 4 is 62.5 Å². The van der Waals surface area contributed by atoms with Crippen molar-refractivity contribution in [1.29, 1.82) is 0 Å². The van der Waals surface area contributed by atoms with E-state index in [0.29, 0.717) is 33.0 Å². The second-order valence-electron chi connectivity index (χ2n) is 6.50. The Bertz CT molecular complexity index is 1270. The molecule has 31 heavy (non-hydrogen) atoms. The van der Waals surface area contributed by atoms with Crippen LogP contribution in [0.4, 0.5) is 5.69 Å². The summed E-state index contributed by atoms with van der Waals surface area (Å²) < 4.78 is 12.2. The first-order chi connectivity index (χ1) is 15.0. The van der Waals surface area contributed by atoms with E-state index in [0.717, 1.165) is 21.3 Å². The number of halogens is 2. The molecule has 1 aromatic heterocycles. The number of thiophene rings is 1. The molecule has 0 aliphatic heterocycles. The van der Waals surface area contributed by atoms with Crippen LogP contribution in [0.25, 0.3) is 10.1 Å². The Labute approximate surface area is 193 Å². The van der Waals surface area contributed by atoms with Crippen molar-refractivity contribution in [3.8, 4) is 11.5 Å². The van der Waals surface area contributed by atoms with Gasteiger partial charge in [-0.2, -0.15) is 0 Å². The van der Waals surface area contributed by atoms with E-state index in [9.17, 15) is 4.79 Å². The van der Waals surface area contributed by atoms with Crippen LogP contribution in [0.1, 0.15) is 22.2 Å². The number of rotatable bonds is 6. The molecule has 1 heterocycles. The second-order valence-corrected chi connectivity index (χ2v) is 8.37. The van der Waals surface area contributed by atoms with Crippen LogP contribution in [0.3, 0.4) is 0 Å². The topological polar surface area (TPSA) is 47.9 Å². The van der Waals surface area contributed by atoms with Gasteiger partial charge in [-0.1, -0.05) is 41.4 Å². The molecule has 7 heteroatoms. The molecule has 4 aromatic rings. The Morgan fingerprint density at radius 1 is 1.03 bits per heavy atom. The SMILES string of the molecule is CCOc1cc(C=Nc2ccc(Cl)cc2)ccc1OC(=O)c1sc2ccccc2c1Cl. The van der Waals surface area contributed by atoms with Crippen molar-refractivity contribution in [1.82, 2.24) is 0 Å². The maximum absolute atomic E-state index is 12.8. The third-order valence-electron chi connectivity index (χ3n) is 4.38. The Morgan fingerprint density at radius 3 is 2.55 bits per heavy atom. The number of hydrogen-bond donors (Lipinski definition) is 0. The third-order valence-corrected chi connectivity index (χ3v) is 6.29. The van der Waals surface area contributed by atoms with E-state index in [2.05, 4.69) is 4.99 Å². The van der Waals surface area contributed by atoms with Gasteiger partial charge < -0.3 is 9.47 Å². The lowest BCUT2D eigenvalue weighted by molar-refractivity contribution is 0.0733. The highest BCUT2D eigenvalue weighted by Crippen LogP contribution is 2.37. The molecule has 0 amide bonds. The summed E-state index contributed by atoms with van der Waals surface area (Å²) in [6.07, 6.45) is 1.71. The maximum atomic E-state index is 12.8. The molecule has 0 bridgehead atoms. The van der Waals surface area contributed by atoms with E-state index in [1.807, 2.05) is 43.3 Å². The number of carbonyl (C=O) groups excluding carboxylic acids is 1. The fraction of sp³-hybridized carbons (Fsp3) is 0.0833. The molecular formula is C24H17Cl2NO3S. The molecule has 4 nitrogen and oxygen atoms in total. The van der Waals surface area contributed by atoms with Crippen LogP contribution in [0.5, 0.6) is 11.5 Å². The van der Waals surface area contributed by atoms with Gasteiger partial charge in [-0.05, 0) is 61.0 Å². The Morgan fingerprint density at radius 2 is 1.81 bits per heavy atom. The number of benzene rings is 3. The van der Waals surface area contributed by atoms with Crippen LogP contribution < -0.4 is 9.47 Å². The summed E-state index contributed by atoms with van der Waals surface area (Å²) in [5.41, 5.74) is 1.58. The quantitative estimate of drug-likeness (QED) is 0.166. The average Bonchev–Trinajstić information content (AvgIpc) is 3.12. The molecule has 0 saturated carbocycles. The Hall–Kier alpha value is -2.86. The van der Waals surface area contributed by atoms with Crippen molar-refractivity contribution in [2.24, 2.45) is 4.99 Å². The van der Waals surface area contributed by atoms with Gasteiger partial charge in [0.05, 0.1) is 17.3 Å². The molecule has 0 N–H and O–H groups in total. The molecule has 3 aromatic carbocycles. The Kier molecular flexibility index (Phi) is 6.56. The fourth-order valence-electron chi connectivity index (χ4n) is 2.93. The third kappa shape index (κ3) is 4.90. The van der Waals surface area contributed by atoms with Gasteiger partial charge in [-0.3, -0.25) is 4.99 Å². The molecule has 0 spiro atoms. The predicted molar refractivity (Wildman–Crippen MR) is 128 cm³/mol. The fourth-order valence-corrected chi connectivity index (χ4v) is 4.44. The molecule has 0 saturated heterocycles. The van der Waals surface area contributed by atoms with E-state index >= 15 is 0 Å². The van der Waals surface area contributed by atoms with E-state index in [1.165, 1.54) is 11.3 Å². The number of esters is 1. The largest absolute Gasteiger partial charge is 0.490 e. The van der Waals surface area contributed by atoms with Crippen LogP contribution >= 0.6 is 34.5 Å². The van der Waals surface area contributed by atoms with Crippen molar-refractivity contribution < 1.29 is 14.3 Å². The molecule has 0 radical (unpaired) electrons. The van der Waals surface area contributed by atoms with Crippen molar-refractivity contribution in [3.63, 3.8) is 0 Å². The number of hydrogen-bond acceptors (Lipinski definition) is 5. The minimum atomic E-state index is -0.519. The monoisotopic (exact) mass is 469 g/mol. The summed E-state index contributed by atoms with van der Waals surface area (Å²) in [7, 11) is 0. The smallest absolute Gasteiger partial charge is 0.355 e. The minimum Gasteiger partial charge on any atom is -0.490 e. The molecular weight excluding hydrogens is 453 g/mol. The van der Waals surface area contributed by atoms with Crippen molar-refractivity contribution in [3.05, 3.63) is 87.2 Å². The highest BCUT2D eigenvalue weighted by molar-refractivity contribution is 7.21. The normalized spacial score (nSPS) is 11.2. The molecule has 4 rings (SSSR count). The van der Waals surface area contributed by atoms with Gasteiger partial charge in [-0.25, -0.2) is 4.79 Å². The maximum Gasteiger partial charge on any atom is 0.355 e. The summed E-state index contributed by atoms with van der Waals surface area (Å²) >= 11 is 13.6. The molecule has 0 aliphatic rings. The Balaban J connectivity index is 1.58. The van der Waals surface area contributed by atoms with Crippen LogP contribution in [0.2, 0.25) is 10.0 Å². The van der Waals surface area contributed by atoms with Gasteiger partial charge in [0, 0.05) is 21.3 Å². The first kappa shape index (κ1) is 21.4. The van der Waals surface area contributed by atoms with E-state index in [4.69, 9.17) is 32.7 Å². The zero-order valence-electron chi connectivity index (χ0n) is 16.5. The molecule has 0 unspecified atom stereocenters. The standard InChI is InChI=1S/C24H17Cl2NO3S/c1-2-29-20-13-15(14-27-17-10-8-16(25)9-11-17)7-12-19(20)30-24(28)23-22(26)18-5-3-4-6-21(18)31-23/h3-14H,2H2,1H3. The predicted octanol–water partition coefficient (Wildman–Crippen LogP) is 7.58. The summed E-state index contributed by atoms with van der Waals surface area (Å²) in [5.74, 6) is 0.256. The summed E-state index contributed by atoms with van der Waals surface area (Å²) in [5, 5.41) is 1.89. The van der Waals surface area contributed by atoms with Crippen LogP contribution in [0.15, 0.2) is 71.7 Å². The highest BCUT2D eigenvalue weighted by atomic mass is 35.5. The molecule has 0 fully saturated rings. The lowest BCUT2D eigenvalue weighted by Crippen LogP contribution is -2.08. The van der Waals surface area contributed by atoms with Crippen LogP contribution in [0, 0.1) is 0 Å². The summed E-state index contributed by atoms with van der Waals surface area (Å²) in [4.78, 5) is 17.6.